The van der Waals surface area contributed by atoms with E-state index in [4.69, 9.17) is 15.2 Å². The minimum Gasteiger partial charge on any atom is -0.445 e. The fourth-order valence-corrected chi connectivity index (χ4v) is 10.4. The van der Waals surface area contributed by atoms with Crippen LogP contribution < -0.4 is 5.73 Å². The highest BCUT2D eigenvalue weighted by Gasteiger charge is 2.60. The Morgan fingerprint density at radius 3 is 2.77 bits per heavy atom. The summed E-state index contributed by atoms with van der Waals surface area (Å²) in [5, 5.41) is 0. The van der Waals surface area contributed by atoms with Crippen molar-refractivity contribution in [2.45, 2.75) is 115 Å². The van der Waals surface area contributed by atoms with Gasteiger partial charge in [0.15, 0.2) is 0 Å². The Labute approximate surface area is 234 Å². The van der Waals surface area contributed by atoms with E-state index in [1.165, 1.54) is 50.5 Å². The Kier molecular flexibility index (Phi) is 6.43. The maximum absolute atomic E-state index is 13.4. The van der Waals surface area contributed by atoms with E-state index in [-0.39, 0.29) is 23.8 Å². The lowest BCUT2D eigenvalue weighted by molar-refractivity contribution is -0.0625. The predicted octanol–water partition coefficient (Wildman–Crippen LogP) is 6.85. The average Bonchev–Trinajstić information content (AvgIpc) is 3.50. The number of likely N-dealkylation sites (tertiary alicyclic amines) is 1. The van der Waals surface area contributed by atoms with Gasteiger partial charge in [0.2, 0.25) is 0 Å². The number of allylic oxidation sites excluding steroid dienone is 1. The van der Waals surface area contributed by atoms with Crippen LogP contribution in [0.1, 0.15) is 90.5 Å². The smallest absolute Gasteiger partial charge is 0.410 e. The zero-order chi connectivity index (χ0) is 26.9. The van der Waals surface area contributed by atoms with Gasteiger partial charge in [0.1, 0.15) is 6.61 Å². The topological polar surface area (TPSA) is 64.8 Å². The van der Waals surface area contributed by atoms with Crippen LogP contribution >= 0.6 is 0 Å². The first-order valence-electron chi connectivity index (χ1n) is 15.9. The van der Waals surface area contributed by atoms with E-state index in [9.17, 15) is 4.79 Å². The van der Waals surface area contributed by atoms with Gasteiger partial charge >= 0.3 is 6.09 Å². The lowest BCUT2D eigenvalue weighted by atomic mass is 9.52. The van der Waals surface area contributed by atoms with Crippen molar-refractivity contribution in [2.24, 2.45) is 40.7 Å². The van der Waals surface area contributed by atoms with Crippen molar-refractivity contribution in [1.29, 1.82) is 0 Å². The molecule has 1 aromatic rings. The van der Waals surface area contributed by atoms with Crippen LogP contribution in [0.15, 0.2) is 41.5 Å². The van der Waals surface area contributed by atoms with Gasteiger partial charge < -0.3 is 20.1 Å². The van der Waals surface area contributed by atoms with Crippen LogP contribution in [-0.2, 0) is 16.1 Å². The number of carbonyl (C=O) groups excluding carboxylic acids is 1. The van der Waals surface area contributed by atoms with Gasteiger partial charge in [0.05, 0.1) is 17.7 Å². The number of amides is 1. The molecule has 6 aliphatic rings. The first-order chi connectivity index (χ1) is 18.8. The Morgan fingerprint density at radius 2 is 1.95 bits per heavy atom. The molecule has 10 atom stereocenters. The summed E-state index contributed by atoms with van der Waals surface area (Å²) in [4.78, 5) is 15.4. The van der Waals surface area contributed by atoms with Gasteiger partial charge in [-0.25, -0.2) is 4.79 Å². The quantitative estimate of drug-likeness (QED) is 0.423. The molecule has 2 aliphatic heterocycles. The third-order valence-electron chi connectivity index (χ3n) is 12.5. The molecule has 1 spiro atoms. The van der Waals surface area contributed by atoms with Crippen LogP contribution in [0.3, 0.4) is 0 Å². The Bertz CT molecular complexity index is 1130. The number of rotatable bonds is 2. The number of carbonyl (C=O) groups is 1. The molecule has 3 saturated carbocycles. The first-order valence-corrected chi connectivity index (χ1v) is 15.9. The summed E-state index contributed by atoms with van der Waals surface area (Å²) in [5.74, 6) is 3.61. The molecule has 2 saturated heterocycles. The van der Waals surface area contributed by atoms with E-state index in [1.807, 2.05) is 35.2 Å². The fourth-order valence-electron chi connectivity index (χ4n) is 10.4. The monoisotopic (exact) mass is 532 g/mol. The summed E-state index contributed by atoms with van der Waals surface area (Å²) in [6.07, 6.45) is 12.0. The summed E-state index contributed by atoms with van der Waals surface area (Å²) < 4.78 is 12.9. The molecule has 1 aromatic carbocycles. The van der Waals surface area contributed by atoms with Crippen molar-refractivity contribution < 1.29 is 14.3 Å². The molecule has 39 heavy (non-hydrogen) atoms. The summed E-state index contributed by atoms with van der Waals surface area (Å²) >= 11 is 0. The van der Waals surface area contributed by atoms with Crippen LogP contribution in [-0.4, -0.2) is 41.3 Å². The number of ether oxygens (including phenoxy) is 2. The van der Waals surface area contributed by atoms with Crippen molar-refractivity contribution in [2.75, 3.05) is 6.54 Å². The zero-order valence-corrected chi connectivity index (χ0v) is 24.2. The van der Waals surface area contributed by atoms with Gasteiger partial charge in [-0.15, -0.1) is 0 Å². The molecule has 0 bridgehead atoms. The molecule has 2 N–H and O–H groups in total. The normalized spacial score (nSPS) is 45.0. The second-order valence-electron chi connectivity index (χ2n) is 14.5. The second-order valence-corrected chi connectivity index (χ2v) is 14.5. The molecule has 5 heteroatoms. The minimum absolute atomic E-state index is 0.107. The van der Waals surface area contributed by atoms with Crippen LogP contribution in [0.2, 0.25) is 0 Å². The van der Waals surface area contributed by atoms with Gasteiger partial charge in [0, 0.05) is 19.0 Å². The van der Waals surface area contributed by atoms with Crippen molar-refractivity contribution in [1.82, 2.24) is 4.90 Å². The third-order valence-corrected chi connectivity index (χ3v) is 12.5. The van der Waals surface area contributed by atoms with Crippen molar-refractivity contribution in [3.63, 3.8) is 0 Å². The van der Waals surface area contributed by atoms with E-state index in [0.29, 0.717) is 24.0 Å². The van der Waals surface area contributed by atoms with E-state index >= 15 is 0 Å². The van der Waals surface area contributed by atoms with E-state index < -0.39 is 0 Å². The Balaban J connectivity index is 1.12. The van der Waals surface area contributed by atoms with Gasteiger partial charge in [0.25, 0.3) is 0 Å². The molecule has 5 nitrogen and oxygen atoms in total. The Hall–Kier alpha value is -1.85. The lowest BCUT2D eigenvalue weighted by Crippen LogP contribution is -2.51. The highest BCUT2D eigenvalue weighted by Crippen LogP contribution is 2.66. The van der Waals surface area contributed by atoms with Gasteiger partial charge in [-0.3, -0.25) is 0 Å². The van der Waals surface area contributed by atoms with Crippen molar-refractivity contribution in [3.05, 3.63) is 47.0 Å². The van der Waals surface area contributed by atoms with Crippen LogP contribution in [0, 0.1) is 35.0 Å². The molecule has 5 fully saturated rings. The first kappa shape index (κ1) is 26.1. The maximum Gasteiger partial charge on any atom is 0.410 e. The summed E-state index contributed by atoms with van der Waals surface area (Å²) in [6.45, 7) is 8.35. The number of benzene rings is 1. The molecule has 212 valence electrons. The predicted molar refractivity (Wildman–Crippen MR) is 153 cm³/mol. The second kappa shape index (κ2) is 9.62. The number of nitrogens with zero attached hydrogens (tertiary/aromatic N) is 1. The number of nitrogens with two attached hydrogens (primary N) is 1. The molecule has 7 rings (SSSR count). The largest absolute Gasteiger partial charge is 0.445 e. The number of fused-ring (bicyclic) bond motifs is 6. The van der Waals surface area contributed by atoms with E-state index in [2.05, 4.69) is 20.8 Å². The van der Waals surface area contributed by atoms with Gasteiger partial charge in [-0.05, 0) is 111 Å². The van der Waals surface area contributed by atoms with E-state index in [1.54, 1.807) is 5.57 Å². The van der Waals surface area contributed by atoms with Crippen LogP contribution in [0.4, 0.5) is 4.79 Å². The van der Waals surface area contributed by atoms with Gasteiger partial charge in [-0.1, -0.05) is 49.8 Å². The van der Waals surface area contributed by atoms with Crippen LogP contribution in [0.5, 0.6) is 0 Å². The molecule has 4 aliphatic carbocycles. The average molecular weight is 533 g/mol. The summed E-state index contributed by atoms with van der Waals surface area (Å²) in [7, 11) is 0. The van der Waals surface area contributed by atoms with Crippen molar-refractivity contribution in [3.8, 4) is 0 Å². The standard InChI is InChI=1S/C34H48N2O3/c1-21-15-31-30(36(19-21)32(37)38-20-23-7-5-4-6-8-23)18-34(39-31)14-12-26-27-10-9-24-16-25(35)11-13-33(24,3)29(27)17-28(26)22(34)2/h4-8,21,24-27,29-31H,9-20,35H2,1-3H3/t21?,24?,25-,26?,27?,29?,30+,31?,33?,34-/m1/s1. The highest BCUT2D eigenvalue weighted by atomic mass is 16.6. The molecule has 0 aromatic heterocycles. The zero-order valence-electron chi connectivity index (χ0n) is 24.2. The molecular weight excluding hydrogens is 484 g/mol. The van der Waals surface area contributed by atoms with E-state index in [0.717, 1.165) is 55.0 Å². The summed E-state index contributed by atoms with van der Waals surface area (Å²) in [5.41, 5.74) is 11.0. The molecule has 2 heterocycles. The number of hydrogen-bond acceptors (Lipinski definition) is 4. The summed E-state index contributed by atoms with van der Waals surface area (Å²) in [6, 6.07) is 10.5. The van der Waals surface area contributed by atoms with Gasteiger partial charge in [-0.2, -0.15) is 0 Å². The SMILES string of the molecule is CC1=C2CC3C(CCC4C[C@H](N)CCC43C)C2CC[C@@]12C[C@H]1C(CC(C)CN1C(=O)OCc1ccccc1)O2. The fraction of sp³-hybridized carbons (Fsp3) is 0.735. The Morgan fingerprint density at radius 1 is 1.13 bits per heavy atom. The highest BCUT2D eigenvalue weighted by molar-refractivity contribution is 5.68. The molecule has 0 radical (unpaired) electrons. The maximum atomic E-state index is 13.4. The number of hydrogen-bond donors (Lipinski definition) is 1. The molecule has 1 amide bonds. The lowest BCUT2D eigenvalue weighted by Gasteiger charge is -2.54. The van der Waals surface area contributed by atoms with Crippen LogP contribution in [0.25, 0.3) is 0 Å². The van der Waals surface area contributed by atoms with Crippen molar-refractivity contribution >= 4 is 6.09 Å². The molecular formula is C34H48N2O3. The third kappa shape index (κ3) is 4.20. The molecule has 7 unspecified atom stereocenters. The minimum atomic E-state index is -0.202. The number of piperidine rings is 1.